The Morgan fingerprint density at radius 1 is 0.459 bits per heavy atom. The van der Waals surface area contributed by atoms with E-state index in [2.05, 4.69) is 4.90 Å². The van der Waals surface area contributed by atoms with Crippen LogP contribution in [0.1, 0.15) is 116 Å². The summed E-state index contributed by atoms with van der Waals surface area (Å²) in [5, 5.41) is 31.4. The van der Waals surface area contributed by atoms with Crippen LogP contribution in [0.2, 0.25) is 0 Å². The molecule has 3 aliphatic rings. The van der Waals surface area contributed by atoms with Crippen molar-refractivity contribution in [2.24, 2.45) is 0 Å². The largest absolute Gasteiger partial charge is 0.395 e. The van der Waals surface area contributed by atoms with Gasteiger partial charge in [0.15, 0.2) is 0 Å². The summed E-state index contributed by atoms with van der Waals surface area (Å²) < 4.78 is 18.6. The first-order valence-electron chi connectivity index (χ1n) is 15.7. The molecule has 3 saturated carbocycles. The predicted molar refractivity (Wildman–Crippen MR) is 147 cm³/mol. The normalized spacial score (nSPS) is 23.4. The van der Waals surface area contributed by atoms with Crippen molar-refractivity contribution in [1.29, 1.82) is 0 Å². The first-order chi connectivity index (χ1) is 18.2. The van der Waals surface area contributed by atoms with E-state index in [-0.39, 0.29) is 37.9 Å². The number of aliphatic hydroxyl groups excluding tert-OH is 3. The van der Waals surface area contributed by atoms with Crippen LogP contribution in [-0.2, 0) is 14.2 Å². The molecule has 0 heterocycles. The zero-order valence-corrected chi connectivity index (χ0v) is 23.4. The summed E-state index contributed by atoms with van der Waals surface area (Å²) >= 11 is 0. The Bertz CT molecular complexity index is 472. The van der Waals surface area contributed by atoms with Crippen molar-refractivity contribution in [1.82, 2.24) is 4.90 Å². The van der Waals surface area contributed by atoms with Crippen molar-refractivity contribution in [2.75, 3.05) is 39.6 Å². The van der Waals surface area contributed by atoms with Gasteiger partial charge in [-0.1, -0.05) is 57.8 Å². The van der Waals surface area contributed by atoms with Crippen molar-refractivity contribution in [3.05, 3.63) is 0 Å². The van der Waals surface area contributed by atoms with Gasteiger partial charge in [-0.2, -0.15) is 0 Å². The molecule has 0 aromatic heterocycles. The molecule has 3 fully saturated rings. The zero-order valence-electron chi connectivity index (χ0n) is 23.4. The molecule has 0 aliphatic heterocycles. The highest BCUT2D eigenvalue weighted by Gasteiger charge is 2.32. The summed E-state index contributed by atoms with van der Waals surface area (Å²) in [5.74, 6) is 0. The molecule has 0 bridgehead atoms. The molecule has 0 aromatic rings. The van der Waals surface area contributed by atoms with Gasteiger partial charge in [-0.05, 0) is 57.8 Å². The van der Waals surface area contributed by atoms with Gasteiger partial charge < -0.3 is 29.5 Å². The van der Waals surface area contributed by atoms with Gasteiger partial charge in [-0.15, -0.1) is 0 Å². The quantitative estimate of drug-likeness (QED) is 0.240. The number of nitrogens with zero attached hydrogens (tertiary/aromatic N) is 1. The summed E-state index contributed by atoms with van der Waals surface area (Å²) in [7, 11) is 0. The van der Waals surface area contributed by atoms with Gasteiger partial charge in [-0.3, -0.25) is 4.90 Å². The minimum atomic E-state index is -0.178. The van der Waals surface area contributed by atoms with E-state index >= 15 is 0 Å². The van der Waals surface area contributed by atoms with E-state index in [1.165, 1.54) is 57.8 Å². The summed E-state index contributed by atoms with van der Waals surface area (Å²) in [4.78, 5) is 2.18. The Hall–Kier alpha value is -0.280. The van der Waals surface area contributed by atoms with Gasteiger partial charge in [0, 0.05) is 37.9 Å². The third kappa shape index (κ3) is 11.4. The van der Waals surface area contributed by atoms with E-state index in [0.717, 1.165) is 38.5 Å². The zero-order chi connectivity index (χ0) is 26.1. The molecular formula is C30H57NO6. The molecule has 0 saturated heterocycles. The number of aliphatic hydroxyl groups is 3. The molecule has 0 radical (unpaired) electrons. The first-order valence-corrected chi connectivity index (χ1v) is 15.7. The molecule has 37 heavy (non-hydrogen) atoms. The maximum absolute atomic E-state index is 10.5. The number of hydrogen-bond donors (Lipinski definition) is 3. The van der Waals surface area contributed by atoms with E-state index < -0.39 is 0 Å². The highest BCUT2D eigenvalue weighted by atomic mass is 16.5. The monoisotopic (exact) mass is 527 g/mol. The highest BCUT2D eigenvalue weighted by molar-refractivity contribution is 4.86. The fourth-order valence-electron chi connectivity index (χ4n) is 6.71. The van der Waals surface area contributed by atoms with Crippen LogP contribution >= 0.6 is 0 Å². The lowest BCUT2D eigenvalue weighted by Gasteiger charge is -2.42. The van der Waals surface area contributed by atoms with E-state index in [1.807, 2.05) is 0 Å². The average Bonchev–Trinajstić information content (AvgIpc) is 2.96. The topological polar surface area (TPSA) is 91.6 Å². The second kappa shape index (κ2) is 18.9. The molecule has 3 aliphatic carbocycles. The fraction of sp³-hybridized carbons (Fsp3) is 1.00. The lowest BCUT2D eigenvalue weighted by molar-refractivity contribution is -0.0557. The van der Waals surface area contributed by atoms with Crippen LogP contribution < -0.4 is 0 Å². The minimum absolute atomic E-state index is 0.0199. The van der Waals surface area contributed by atoms with Gasteiger partial charge in [0.05, 0.1) is 38.1 Å². The Balaban J connectivity index is 1.58. The molecule has 0 amide bonds. The second-order valence-electron chi connectivity index (χ2n) is 11.7. The molecule has 3 atom stereocenters. The molecule has 3 N–H and O–H groups in total. The predicted octanol–water partition coefficient (Wildman–Crippen LogP) is 4.59. The summed E-state index contributed by atoms with van der Waals surface area (Å²) in [5.41, 5.74) is 0. The Kier molecular flexibility index (Phi) is 16.0. The number of ether oxygens (including phenoxy) is 3. The van der Waals surface area contributed by atoms with Crippen LogP contribution in [0.3, 0.4) is 0 Å². The molecule has 0 aromatic carbocycles. The summed E-state index contributed by atoms with van der Waals surface area (Å²) in [6, 6.07) is -0.535. The third-order valence-corrected chi connectivity index (χ3v) is 8.97. The van der Waals surface area contributed by atoms with Crippen LogP contribution in [0.15, 0.2) is 0 Å². The molecule has 218 valence electrons. The van der Waals surface area contributed by atoms with Gasteiger partial charge in [0.25, 0.3) is 0 Å². The maximum atomic E-state index is 10.5. The lowest BCUT2D eigenvalue weighted by Crippen LogP contribution is -2.55. The van der Waals surface area contributed by atoms with Gasteiger partial charge in [0.1, 0.15) is 0 Å². The van der Waals surface area contributed by atoms with Crippen molar-refractivity contribution >= 4 is 0 Å². The third-order valence-electron chi connectivity index (χ3n) is 8.97. The van der Waals surface area contributed by atoms with Crippen molar-refractivity contribution in [3.63, 3.8) is 0 Å². The summed E-state index contributed by atoms with van der Waals surface area (Å²) in [6.45, 7) is 1.73. The Morgan fingerprint density at radius 3 is 0.973 bits per heavy atom. The fourth-order valence-corrected chi connectivity index (χ4v) is 6.71. The lowest BCUT2D eigenvalue weighted by atomic mass is 9.97. The average molecular weight is 528 g/mol. The van der Waals surface area contributed by atoms with Crippen molar-refractivity contribution < 1.29 is 29.5 Å². The van der Waals surface area contributed by atoms with Crippen LogP contribution in [-0.4, -0.2) is 96.3 Å². The molecule has 0 spiro atoms. The van der Waals surface area contributed by atoms with Gasteiger partial charge >= 0.3 is 0 Å². The highest BCUT2D eigenvalue weighted by Crippen LogP contribution is 2.25. The van der Waals surface area contributed by atoms with E-state index in [1.54, 1.807) is 0 Å². The minimum Gasteiger partial charge on any atom is -0.395 e. The van der Waals surface area contributed by atoms with Crippen LogP contribution in [0.25, 0.3) is 0 Å². The standard InChI is InChI=1S/C30H57NO6/c32-22-25(16-19-35-28-10-4-1-5-11-28)31(26(23-33)17-20-36-29-12-6-2-7-13-29)27(24-34)18-21-37-30-14-8-3-9-15-30/h25-30,32-34H,1-24H2. The van der Waals surface area contributed by atoms with E-state index in [0.29, 0.717) is 57.4 Å². The summed E-state index contributed by atoms with van der Waals surface area (Å²) in [6.07, 6.45) is 21.1. The van der Waals surface area contributed by atoms with Crippen LogP contribution in [0.5, 0.6) is 0 Å². The first kappa shape index (κ1) is 31.3. The van der Waals surface area contributed by atoms with Crippen molar-refractivity contribution in [2.45, 2.75) is 152 Å². The maximum Gasteiger partial charge on any atom is 0.0588 e. The second-order valence-corrected chi connectivity index (χ2v) is 11.7. The Morgan fingerprint density at radius 2 is 0.730 bits per heavy atom. The van der Waals surface area contributed by atoms with Gasteiger partial charge in [-0.25, -0.2) is 0 Å². The molecule has 7 heteroatoms. The van der Waals surface area contributed by atoms with Crippen molar-refractivity contribution in [3.8, 4) is 0 Å². The molecule has 7 nitrogen and oxygen atoms in total. The van der Waals surface area contributed by atoms with E-state index in [4.69, 9.17) is 14.2 Å². The van der Waals surface area contributed by atoms with Crippen LogP contribution in [0.4, 0.5) is 0 Å². The van der Waals surface area contributed by atoms with E-state index in [9.17, 15) is 15.3 Å². The van der Waals surface area contributed by atoms with Crippen LogP contribution in [0, 0.1) is 0 Å². The number of hydrogen-bond acceptors (Lipinski definition) is 7. The number of rotatable bonds is 18. The SMILES string of the molecule is OCC(CCOC1CCCCC1)N(C(CO)CCOC1CCCCC1)C(CO)CCOC1CCCCC1. The molecule has 3 rings (SSSR count). The molecular weight excluding hydrogens is 470 g/mol. The Labute approximate surface area is 226 Å². The van der Waals surface area contributed by atoms with Gasteiger partial charge in [0.2, 0.25) is 0 Å². The molecule has 3 unspecified atom stereocenters. The smallest absolute Gasteiger partial charge is 0.0588 e.